The molecule has 14 heteroatoms. The first-order chi connectivity index (χ1) is 27.6. The highest BCUT2D eigenvalue weighted by atomic mass is 31.2. The predicted molar refractivity (Wildman–Crippen MR) is 213 cm³/mol. The van der Waals surface area contributed by atoms with Gasteiger partial charge in [0.15, 0.2) is 0 Å². The maximum absolute atomic E-state index is 13.5. The molecular weight excluding hydrogens is 747 g/mol. The molecular formula is C43H51N4O9P. The van der Waals surface area contributed by atoms with Crippen molar-refractivity contribution in [1.82, 2.24) is 14.9 Å². The van der Waals surface area contributed by atoms with E-state index in [1.807, 2.05) is 78.9 Å². The second kappa shape index (κ2) is 19.1. The second-order valence-corrected chi connectivity index (χ2v) is 15.8. The molecule has 2 fully saturated rings. The fourth-order valence-corrected chi connectivity index (χ4v) is 9.19. The zero-order valence-electron chi connectivity index (χ0n) is 33.2. The molecule has 3 amide bonds. The van der Waals surface area contributed by atoms with Gasteiger partial charge in [0, 0.05) is 25.0 Å². The highest BCUT2D eigenvalue weighted by molar-refractivity contribution is 7.44. The highest BCUT2D eigenvalue weighted by Crippen LogP contribution is 2.50. The van der Waals surface area contributed by atoms with Crippen LogP contribution in [-0.2, 0) is 28.9 Å². The molecule has 13 nitrogen and oxygen atoms in total. The van der Waals surface area contributed by atoms with Crippen molar-refractivity contribution in [1.29, 1.82) is 5.26 Å². The Balaban J connectivity index is 1.40. The number of nitrogens with one attached hydrogen (secondary N) is 1. The summed E-state index contributed by atoms with van der Waals surface area (Å²) < 4.78 is 46.2. The van der Waals surface area contributed by atoms with Crippen molar-refractivity contribution in [2.75, 3.05) is 34.0 Å². The topological polar surface area (TPSA) is 145 Å². The minimum Gasteiger partial charge on any atom is -0.497 e. The molecule has 0 saturated carbocycles. The van der Waals surface area contributed by atoms with Gasteiger partial charge >= 0.3 is 6.03 Å². The van der Waals surface area contributed by atoms with E-state index in [9.17, 15) is 14.9 Å². The number of benzene rings is 3. The molecule has 0 radical (unpaired) electrons. The second-order valence-electron chi connectivity index (χ2n) is 14.4. The molecule has 1 aromatic heterocycles. The third-order valence-corrected chi connectivity index (χ3v) is 12.3. The number of urea groups is 1. The fraction of sp³-hybridized carbons (Fsp3) is 0.419. The number of nitrogens with zero attached hydrogens (tertiary/aromatic N) is 3. The summed E-state index contributed by atoms with van der Waals surface area (Å²) in [5, 5.41) is 11.9. The first-order valence-corrected chi connectivity index (χ1v) is 20.3. The Morgan fingerprint density at radius 2 is 1.51 bits per heavy atom. The van der Waals surface area contributed by atoms with Gasteiger partial charge < -0.3 is 32.4 Å². The minimum atomic E-state index is -1.70. The van der Waals surface area contributed by atoms with Crippen molar-refractivity contribution < 1.29 is 42.0 Å². The minimum absolute atomic E-state index is 0.0227. The van der Waals surface area contributed by atoms with Crippen molar-refractivity contribution >= 4 is 20.5 Å². The molecule has 2 aliphatic heterocycles. The van der Waals surface area contributed by atoms with Gasteiger partial charge in [-0.2, -0.15) is 5.26 Å². The Bertz CT molecular complexity index is 1880. The lowest BCUT2D eigenvalue weighted by molar-refractivity contribution is -0.128. The Kier molecular flexibility index (Phi) is 14.0. The van der Waals surface area contributed by atoms with E-state index in [2.05, 4.69) is 43.8 Å². The van der Waals surface area contributed by atoms with Crippen LogP contribution in [0.15, 0.2) is 102 Å². The number of carbonyl (C=O) groups excluding carboxylic acids is 2. The Morgan fingerprint density at radius 3 is 2.05 bits per heavy atom. The summed E-state index contributed by atoms with van der Waals surface area (Å²) >= 11 is 0. The number of nitriles is 1. The summed E-state index contributed by atoms with van der Waals surface area (Å²) in [6.45, 7) is 8.54. The molecule has 0 spiro atoms. The van der Waals surface area contributed by atoms with Crippen LogP contribution in [0.4, 0.5) is 4.79 Å². The van der Waals surface area contributed by atoms with Gasteiger partial charge in [0.25, 0.3) is 8.53 Å². The number of hydrogen-bond acceptors (Lipinski definition) is 11. The van der Waals surface area contributed by atoms with Crippen molar-refractivity contribution in [3.8, 4) is 17.6 Å². The van der Waals surface area contributed by atoms with Gasteiger partial charge in [-0.25, -0.2) is 9.46 Å². The number of amides is 3. The van der Waals surface area contributed by atoms with Gasteiger partial charge in [0.05, 0.1) is 52.3 Å². The van der Waals surface area contributed by atoms with Crippen LogP contribution < -0.4 is 14.8 Å². The molecule has 57 heavy (non-hydrogen) atoms. The molecule has 2 saturated heterocycles. The van der Waals surface area contributed by atoms with Crippen LogP contribution in [0.5, 0.6) is 11.5 Å². The SMILES string of the molecule is COc1ccc(C(OC[C@H]2O[C@@H](N3CC(c4ccco4)C(=O)NC3=O)C[C@@H]2OP(OCCC#N)N(C(C)C)C(C)C)(c2ccccc2)c2ccc(OC)cc2)cc1. The summed E-state index contributed by atoms with van der Waals surface area (Å²) in [5.41, 5.74) is 1.40. The molecule has 4 aromatic rings. The lowest BCUT2D eigenvalue weighted by Crippen LogP contribution is -2.56. The average molecular weight is 799 g/mol. The van der Waals surface area contributed by atoms with Crippen molar-refractivity contribution in [3.63, 3.8) is 0 Å². The molecule has 6 rings (SSSR count). The maximum atomic E-state index is 13.5. The summed E-state index contributed by atoms with van der Waals surface area (Å²) in [5.74, 6) is 0.669. The van der Waals surface area contributed by atoms with E-state index in [4.69, 9.17) is 32.4 Å². The van der Waals surface area contributed by atoms with Gasteiger partial charge in [-0.1, -0.05) is 54.6 Å². The van der Waals surface area contributed by atoms with Crippen LogP contribution in [-0.4, -0.2) is 86.0 Å². The van der Waals surface area contributed by atoms with Gasteiger partial charge in [-0.3, -0.25) is 15.0 Å². The van der Waals surface area contributed by atoms with Crippen LogP contribution >= 0.6 is 8.53 Å². The standard InChI is InChI=1S/C43H51N4O9P/c1-29(2)47(30(3)4)57(54-25-11-23-44)56-38-26-40(46-27-36(37-14-10-24-52-37)41(48)45-42(46)49)55-39(38)28-53-43(31-12-8-7-9-13-31,32-15-19-34(50-5)20-16-32)33-17-21-35(51-6)22-18-33/h7-10,12-22,24,29-30,36,38-40H,11,25-28H2,1-6H3,(H,45,48,49)/t36?,38-,39+,40+,57?/m0/s1. The van der Waals surface area contributed by atoms with Crippen LogP contribution in [0.3, 0.4) is 0 Å². The normalized spacial score (nSPS) is 20.5. The van der Waals surface area contributed by atoms with Crippen LogP contribution in [0.2, 0.25) is 0 Å². The maximum Gasteiger partial charge on any atom is 0.326 e. The first-order valence-electron chi connectivity index (χ1n) is 19.1. The lowest BCUT2D eigenvalue weighted by Gasteiger charge is -2.39. The fourth-order valence-electron chi connectivity index (χ4n) is 7.43. The smallest absolute Gasteiger partial charge is 0.326 e. The number of furan rings is 1. The Morgan fingerprint density at radius 1 is 0.895 bits per heavy atom. The molecule has 2 unspecified atom stereocenters. The summed E-state index contributed by atoms with van der Waals surface area (Å²) in [4.78, 5) is 28.0. The largest absolute Gasteiger partial charge is 0.497 e. The quantitative estimate of drug-likeness (QED) is 0.0600. The van der Waals surface area contributed by atoms with Crippen molar-refractivity contribution in [2.24, 2.45) is 0 Å². The zero-order valence-corrected chi connectivity index (χ0v) is 34.1. The number of methoxy groups -OCH3 is 2. The van der Waals surface area contributed by atoms with Crippen LogP contribution in [0.1, 0.15) is 68.9 Å². The van der Waals surface area contributed by atoms with E-state index < -0.39 is 50.4 Å². The number of rotatable bonds is 18. The van der Waals surface area contributed by atoms with Gasteiger partial charge in [0.2, 0.25) is 5.91 Å². The summed E-state index contributed by atoms with van der Waals surface area (Å²) in [7, 11) is 1.56. The van der Waals surface area contributed by atoms with Crippen molar-refractivity contribution in [3.05, 3.63) is 120 Å². The first kappa shape index (κ1) is 41.8. The predicted octanol–water partition coefficient (Wildman–Crippen LogP) is 7.72. The third-order valence-electron chi connectivity index (χ3n) is 10.1. The van der Waals surface area contributed by atoms with E-state index in [0.29, 0.717) is 17.3 Å². The zero-order chi connectivity index (χ0) is 40.5. The van der Waals surface area contributed by atoms with Crippen LogP contribution in [0.25, 0.3) is 0 Å². The van der Waals surface area contributed by atoms with Gasteiger partial charge in [-0.05, 0) is 80.8 Å². The van der Waals surface area contributed by atoms with Gasteiger partial charge in [0.1, 0.15) is 41.1 Å². The number of hydrogen-bond donors (Lipinski definition) is 1. The number of imide groups is 1. The highest BCUT2D eigenvalue weighted by Gasteiger charge is 2.48. The van der Waals surface area contributed by atoms with E-state index in [1.54, 1.807) is 26.4 Å². The molecule has 3 aromatic carbocycles. The molecule has 0 aliphatic carbocycles. The van der Waals surface area contributed by atoms with Crippen molar-refractivity contribution in [2.45, 2.75) is 82.6 Å². The monoisotopic (exact) mass is 798 g/mol. The number of ether oxygens (including phenoxy) is 4. The third kappa shape index (κ3) is 9.34. The Labute approximate surface area is 335 Å². The van der Waals surface area contributed by atoms with Gasteiger partial charge in [-0.15, -0.1) is 0 Å². The Hall–Kier alpha value is -4.80. The molecule has 5 atom stereocenters. The molecule has 3 heterocycles. The van der Waals surface area contributed by atoms with E-state index >= 15 is 0 Å². The van der Waals surface area contributed by atoms with Crippen LogP contribution in [0, 0.1) is 11.3 Å². The average Bonchev–Trinajstić information content (AvgIpc) is 3.90. The van der Waals surface area contributed by atoms with E-state index in [-0.39, 0.29) is 44.7 Å². The molecule has 1 N–H and O–H groups in total. The van der Waals surface area contributed by atoms with E-state index in [1.165, 1.54) is 11.2 Å². The molecule has 2 aliphatic rings. The molecule has 302 valence electrons. The number of carbonyl (C=O) groups is 2. The molecule has 0 bridgehead atoms. The summed E-state index contributed by atoms with van der Waals surface area (Å²) in [6.07, 6.45) is -0.175. The van der Waals surface area contributed by atoms with E-state index in [0.717, 1.165) is 16.7 Å². The lowest BCUT2D eigenvalue weighted by atomic mass is 9.80. The summed E-state index contributed by atoms with van der Waals surface area (Å²) in [6, 6.07) is 30.6.